The van der Waals surface area contributed by atoms with Crippen LogP contribution in [0, 0.1) is 5.82 Å². The third-order valence-corrected chi connectivity index (χ3v) is 6.05. The minimum atomic E-state index is -0.974. The van der Waals surface area contributed by atoms with Gasteiger partial charge in [0.25, 0.3) is 0 Å². The fraction of sp³-hybridized carbons (Fsp3) is 0.280. The predicted octanol–water partition coefficient (Wildman–Crippen LogP) is 5.69. The van der Waals surface area contributed by atoms with Gasteiger partial charge in [-0.05, 0) is 79.8 Å². The van der Waals surface area contributed by atoms with Crippen molar-refractivity contribution >= 4 is 17.6 Å². The predicted molar refractivity (Wildman–Crippen MR) is 119 cm³/mol. The maximum absolute atomic E-state index is 13.2. The lowest BCUT2D eigenvalue weighted by molar-refractivity contribution is 0.0695. The van der Waals surface area contributed by atoms with Crippen LogP contribution < -0.4 is 0 Å². The molecule has 1 saturated heterocycles. The van der Waals surface area contributed by atoms with Gasteiger partial charge in [0.05, 0.1) is 23.0 Å². The van der Waals surface area contributed by atoms with Crippen LogP contribution in [-0.4, -0.2) is 27.5 Å². The highest BCUT2D eigenvalue weighted by atomic mass is 35.5. The van der Waals surface area contributed by atoms with Crippen molar-refractivity contribution in [3.05, 3.63) is 99.6 Å². The van der Waals surface area contributed by atoms with E-state index < -0.39 is 5.97 Å². The van der Waals surface area contributed by atoms with Crippen LogP contribution in [0.4, 0.5) is 4.39 Å². The number of carboxylic acids is 1. The van der Waals surface area contributed by atoms with Crippen LogP contribution in [0.25, 0.3) is 0 Å². The molecule has 0 spiro atoms. The van der Waals surface area contributed by atoms with Gasteiger partial charge in [0.1, 0.15) is 5.82 Å². The SMILES string of the molecule is O=C(O)c1ccc([C@@H]2CCCN2Cc2ccc(Cl)cc2)nc1CCc1ccc(F)cc1. The van der Waals surface area contributed by atoms with Crippen molar-refractivity contribution in [2.45, 2.75) is 38.3 Å². The molecule has 2 aromatic carbocycles. The highest BCUT2D eigenvalue weighted by molar-refractivity contribution is 6.30. The Labute approximate surface area is 186 Å². The molecule has 1 aliphatic heterocycles. The number of rotatable bonds is 7. The Morgan fingerprint density at radius 2 is 1.74 bits per heavy atom. The smallest absolute Gasteiger partial charge is 0.337 e. The second-order valence-corrected chi connectivity index (χ2v) is 8.35. The Bertz CT molecular complexity index is 1050. The number of likely N-dealkylation sites (tertiary alicyclic amines) is 1. The molecule has 0 amide bonds. The second-order valence-electron chi connectivity index (χ2n) is 7.92. The van der Waals surface area contributed by atoms with Gasteiger partial charge in [0.15, 0.2) is 0 Å². The fourth-order valence-corrected chi connectivity index (χ4v) is 4.30. The summed E-state index contributed by atoms with van der Waals surface area (Å²) >= 11 is 6.00. The molecule has 4 nitrogen and oxygen atoms in total. The summed E-state index contributed by atoms with van der Waals surface area (Å²) in [6.07, 6.45) is 3.16. The van der Waals surface area contributed by atoms with Gasteiger partial charge < -0.3 is 5.11 Å². The van der Waals surface area contributed by atoms with Gasteiger partial charge in [0, 0.05) is 11.6 Å². The number of benzene rings is 2. The van der Waals surface area contributed by atoms with E-state index in [0.717, 1.165) is 42.2 Å². The molecule has 4 rings (SSSR count). The first kappa shape index (κ1) is 21.5. The van der Waals surface area contributed by atoms with E-state index in [0.29, 0.717) is 18.5 Å². The van der Waals surface area contributed by atoms with Gasteiger partial charge in [-0.3, -0.25) is 9.88 Å². The number of pyridine rings is 1. The molecule has 160 valence electrons. The average molecular weight is 439 g/mol. The van der Waals surface area contributed by atoms with E-state index in [1.54, 1.807) is 18.2 Å². The molecular formula is C25H24ClFN2O2. The summed E-state index contributed by atoms with van der Waals surface area (Å²) in [5.74, 6) is -1.25. The van der Waals surface area contributed by atoms with E-state index in [9.17, 15) is 14.3 Å². The van der Waals surface area contributed by atoms with Gasteiger partial charge in [-0.15, -0.1) is 0 Å². The topological polar surface area (TPSA) is 53.4 Å². The van der Waals surface area contributed by atoms with Crippen molar-refractivity contribution in [1.82, 2.24) is 9.88 Å². The first-order chi connectivity index (χ1) is 15.0. The first-order valence-electron chi connectivity index (χ1n) is 10.5. The molecule has 0 saturated carbocycles. The maximum Gasteiger partial charge on any atom is 0.337 e. The van der Waals surface area contributed by atoms with Crippen molar-refractivity contribution in [1.29, 1.82) is 0 Å². The Balaban J connectivity index is 1.54. The monoisotopic (exact) mass is 438 g/mol. The number of halogens is 2. The summed E-state index contributed by atoms with van der Waals surface area (Å²) in [6, 6.07) is 17.8. The molecule has 1 atom stereocenters. The zero-order valence-corrected chi connectivity index (χ0v) is 17.9. The van der Waals surface area contributed by atoms with Crippen LogP contribution in [0.3, 0.4) is 0 Å². The van der Waals surface area contributed by atoms with Crippen LogP contribution in [0.15, 0.2) is 60.7 Å². The highest BCUT2D eigenvalue weighted by Crippen LogP contribution is 2.33. The van der Waals surface area contributed by atoms with Crippen LogP contribution in [0.1, 0.15) is 51.8 Å². The standard InChI is InChI=1S/C25H24ClFN2O2/c26-19-8-3-18(4-9-19)16-29-15-1-2-24(29)23-14-12-21(25(30)31)22(28-23)13-7-17-5-10-20(27)11-6-17/h3-6,8-12,14,24H,1-2,7,13,15-16H2,(H,30,31)/t24-/m0/s1. The summed E-state index contributed by atoms with van der Waals surface area (Å²) in [6.45, 7) is 1.77. The normalized spacial score (nSPS) is 16.5. The molecule has 2 heterocycles. The van der Waals surface area contributed by atoms with Gasteiger partial charge >= 0.3 is 5.97 Å². The molecule has 6 heteroatoms. The number of nitrogens with zero attached hydrogens (tertiary/aromatic N) is 2. The third-order valence-electron chi connectivity index (χ3n) is 5.79. The lowest BCUT2D eigenvalue weighted by Gasteiger charge is -2.25. The highest BCUT2D eigenvalue weighted by Gasteiger charge is 2.28. The molecule has 0 bridgehead atoms. The molecule has 0 aliphatic carbocycles. The van der Waals surface area contributed by atoms with Crippen LogP contribution >= 0.6 is 11.6 Å². The van der Waals surface area contributed by atoms with Crippen molar-refractivity contribution < 1.29 is 14.3 Å². The Morgan fingerprint density at radius 1 is 1.03 bits per heavy atom. The fourth-order valence-electron chi connectivity index (χ4n) is 4.18. The van der Waals surface area contributed by atoms with Crippen molar-refractivity contribution in [2.75, 3.05) is 6.54 Å². The largest absolute Gasteiger partial charge is 0.478 e. The van der Waals surface area contributed by atoms with Crippen molar-refractivity contribution in [3.63, 3.8) is 0 Å². The van der Waals surface area contributed by atoms with Crippen LogP contribution in [0.2, 0.25) is 5.02 Å². The number of aromatic nitrogens is 1. The molecule has 3 aromatic rings. The quantitative estimate of drug-likeness (QED) is 0.514. The van der Waals surface area contributed by atoms with E-state index in [2.05, 4.69) is 4.90 Å². The molecule has 1 N–H and O–H groups in total. The van der Waals surface area contributed by atoms with Crippen molar-refractivity contribution in [2.24, 2.45) is 0 Å². The third kappa shape index (κ3) is 5.30. The van der Waals surface area contributed by atoms with E-state index in [1.165, 1.54) is 17.7 Å². The molecule has 1 aliphatic rings. The Hall–Kier alpha value is -2.76. The van der Waals surface area contributed by atoms with Gasteiger partial charge in [-0.25, -0.2) is 9.18 Å². The van der Waals surface area contributed by atoms with Gasteiger partial charge in [-0.2, -0.15) is 0 Å². The lowest BCUT2D eigenvalue weighted by atomic mass is 10.0. The molecule has 31 heavy (non-hydrogen) atoms. The Morgan fingerprint density at radius 3 is 2.45 bits per heavy atom. The van der Waals surface area contributed by atoms with Crippen molar-refractivity contribution in [3.8, 4) is 0 Å². The van der Waals surface area contributed by atoms with Gasteiger partial charge in [-0.1, -0.05) is 35.9 Å². The molecule has 1 aromatic heterocycles. The molecule has 0 radical (unpaired) electrons. The van der Waals surface area contributed by atoms with E-state index in [1.807, 2.05) is 30.3 Å². The number of carbonyl (C=O) groups is 1. The van der Waals surface area contributed by atoms with E-state index >= 15 is 0 Å². The molecular weight excluding hydrogens is 415 g/mol. The molecule has 1 fully saturated rings. The number of aryl methyl sites for hydroxylation is 2. The maximum atomic E-state index is 13.2. The average Bonchev–Trinajstić information content (AvgIpc) is 3.23. The summed E-state index contributed by atoms with van der Waals surface area (Å²) < 4.78 is 13.2. The van der Waals surface area contributed by atoms with Crippen LogP contribution in [0.5, 0.6) is 0 Å². The van der Waals surface area contributed by atoms with E-state index in [-0.39, 0.29) is 17.4 Å². The number of carboxylic acid groups (broad SMARTS) is 1. The minimum Gasteiger partial charge on any atom is -0.478 e. The Kier molecular flexibility index (Phi) is 6.64. The summed E-state index contributed by atoms with van der Waals surface area (Å²) in [4.78, 5) is 18.9. The first-order valence-corrected chi connectivity index (χ1v) is 10.8. The zero-order chi connectivity index (χ0) is 21.8. The summed E-state index contributed by atoms with van der Waals surface area (Å²) in [7, 11) is 0. The second kappa shape index (κ2) is 9.58. The van der Waals surface area contributed by atoms with Crippen LogP contribution in [-0.2, 0) is 19.4 Å². The zero-order valence-electron chi connectivity index (χ0n) is 17.1. The van der Waals surface area contributed by atoms with Gasteiger partial charge in [0.2, 0.25) is 0 Å². The molecule has 0 unspecified atom stereocenters. The lowest BCUT2D eigenvalue weighted by Crippen LogP contribution is -2.24. The summed E-state index contributed by atoms with van der Waals surface area (Å²) in [5.41, 5.74) is 3.86. The minimum absolute atomic E-state index is 0.156. The number of hydrogen-bond donors (Lipinski definition) is 1. The van der Waals surface area contributed by atoms with E-state index in [4.69, 9.17) is 16.6 Å². The summed E-state index contributed by atoms with van der Waals surface area (Å²) in [5, 5.41) is 10.3. The number of aromatic carboxylic acids is 1. The number of hydrogen-bond acceptors (Lipinski definition) is 3.